The smallest absolute Gasteiger partial charge is 0.312 e. The normalized spacial score (nSPS) is 13.7. The lowest BCUT2D eigenvalue weighted by Gasteiger charge is -2.25. The molecule has 0 spiro atoms. The number of carbonyl (C=O) groups excluding carboxylic acids is 2. The van der Waals surface area contributed by atoms with E-state index in [9.17, 15) is 9.59 Å². The Balaban J connectivity index is 1.84. The van der Waals surface area contributed by atoms with Crippen molar-refractivity contribution in [3.05, 3.63) is 78.5 Å². The number of hydrogen-bond acceptors (Lipinski definition) is 6. The number of hydrogen-bond donors (Lipinski definition) is 2. The van der Waals surface area contributed by atoms with Gasteiger partial charge in [0.25, 0.3) is 0 Å². The van der Waals surface area contributed by atoms with E-state index in [0.717, 1.165) is 29.3 Å². The monoisotopic (exact) mass is 546 g/mol. The predicted molar refractivity (Wildman–Crippen MR) is 162 cm³/mol. The summed E-state index contributed by atoms with van der Waals surface area (Å²) in [7, 11) is 0. The van der Waals surface area contributed by atoms with Crippen molar-refractivity contribution in [3.8, 4) is 0 Å². The Bertz CT molecular complexity index is 1300. The second-order valence-electron chi connectivity index (χ2n) is 10.2. The van der Waals surface area contributed by atoms with Gasteiger partial charge in [0.15, 0.2) is 10.6 Å². The number of rotatable bonds is 10. The summed E-state index contributed by atoms with van der Waals surface area (Å²) in [5, 5.41) is 7.73. The average molecular weight is 547 g/mol. The third-order valence-corrected chi connectivity index (χ3v) is 6.67. The first-order chi connectivity index (χ1) is 18.7. The third kappa shape index (κ3) is 9.87. The summed E-state index contributed by atoms with van der Waals surface area (Å²) in [4.78, 5) is 34.7. The van der Waals surface area contributed by atoms with Crippen molar-refractivity contribution >= 4 is 51.5 Å². The van der Waals surface area contributed by atoms with Crippen molar-refractivity contribution in [2.45, 2.75) is 65.5 Å². The summed E-state index contributed by atoms with van der Waals surface area (Å²) in [6.45, 7) is 9.46. The van der Waals surface area contributed by atoms with E-state index in [1.54, 1.807) is 12.3 Å². The van der Waals surface area contributed by atoms with Crippen LogP contribution in [-0.2, 0) is 14.3 Å². The molecule has 2 aromatic carbocycles. The van der Waals surface area contributed by atoms with E-state index in [1.807, 2.05) is 88.4 Å². The number of para-hydroxylation sites is 1. The van der Waals surface area contributed by atoms with Crippen LogP contribution >= 0.6 is 11.8 Å². The van der Waals surface area contributed by atoms with Gasteiger partial charge < -0.3 is 15.4 Å². The number of fused-ring (bicyclic) bond motifs is 1. The number of thioether (sulfide) groups is 1. The molecule has 0 radical (unpaired) electrons. The number of ether oxygens (including phenoxy) is 1. The number of amides is 1. The number of unbranched alkanes of at least 4 members (excludes halogenated alkanes) is 1. The van der Waals surface area contributed by atoms with E-state index in [1.165, 1.54) is 17.8 Å². The minimum Gasteiger partial charge on any atom is -0.450 e. The van der Waals surface area contributed by atoms with Gasteiger partial charge in [-0.25, -0.2) is 4.99 Å². The maximum atomic E-state index is 12.7. The quantitative estimate of drug-likeness (QED) is 0.0952. The van der Waals surface area contributed by atoms with Gasteiger partial charge in [-0.15, -0.1) is 0 Å². The van der Waals surface area contributed by atoms with E-state index in [0.29, 0.717) is 17.3 Å². The zero-order chi connectivity index (χ0) is 28.3. The standard InChI is InChI=1S/C31H38N4O3S/c1-6-7-18-27(38-29(37)31(3,4)5)39-30(35-25-17-11-15-24-16-12-21-32-28(24)25)34-22(2)33-26(36)20-19-23-13-9-8-10-14-23/h8-17,19-22,27H,6-7,18H2,1-5H3,(H,33,36)(H,34,35)/b20-19+. The van der Waals surface area contributed by atoms with Crippen LogP contribution in [0.3, 0.4) is 0 Å². The van der Waals surface area contributed by atoms with Crippen LogP contribution in [0.25, 0.3) is 17.0 Å². The highest BCUT2D eigenvalue weighted by Gasteiger charge is 2.28. The van der Waals surface area contributed by atoms with Crippen LogP contribution in [0.4, 0.5) is 5.69 Å². The minimum atomic E-state index is -0.623. The molecule has 3 rings (SSSR count). The van der Waals surface area contributed by atoms with Gasteiger partial charge in [0.2, 0.25) is 5.91 Å². The molecule has 2 N–H and O–H groups in total. The molecule has 1 aromatic heterocycles. The molecule has 2 unspecified atom stereocenters. The molecule has 0 aliphatic heterocycles. The van der Waals surface area contributed by atoms with E-state index in [-0.39, 0.29) is 11.9 Å². The van der Waals surface area contributed by atoms with Gasteiger partial charge in [-0.1, -0.05) is 61.9 Å². The first-order valence-electron chi connectivity index (χ1n) is 13.3. The number of pyridine rings is 1. The first kappa shape index (κ1) is 29.9. The van der Waals surface area contributed by atoms with E-state index < -0.39 is 17.0 Å². The van der Waals surface area contributed by atoms with Crippen LogP contribution < -0.4 is 10.6 Å². The third-order valence-electron chi connectivity index (χ3n) is 5.65. The molecule has 0 saturated carbocycles. The van der Waals surface area contributed by atoms with E-state index in [2.05, 4.69) is 22.5 Å². The van der Waals surface area contributed by atoms with Crippen molar-refractivity contribution in [2.75, 3.05) is 0 Å². The second-order valence-corrected chi connectivity index (χ2v) is 11.4. The second kappa shape index (κ2) is 14.5. The highest BCUT2D eigenvalue weighted by atomic mass is 32.2. The van der Waals surface area contributed by atoms with Gasteiger partial charge in [0.1, 0.15) is 0 Å². The molecule has 0 fully saturated rings. The predicted octanol–water partition coefficient (Wildman–Crippen LogP) is 6.83. The Morgan fingerprint density at radius 1 is 1.05 bits per heavy atom. The fraction of sp³-hybridized carbons (Fsp3) is 0.355. The molecule has 0 saturated heterocycles. The number of nitrogens with one attached hydrogen (secondary N) is 2. The van der Waals surface area contributed by atoms with Gasteiger partial charge in [0.05, 0.1) is 22.8 Å². The van der Waals surface area contributed by atoms with Gasteiger partial charge in [-0.3, -0.25) is 14.6 Å². The molecular formula is C31H38N4O3S. The van der Waals surface area contributed by atoms with E-state index in [4.69, 9.17) is 9.73 Å². The lowest BCUT2D eigenvalue weighted by atomic mass is 9.97. The molecule has 3 aromatic rings. The van der Waals surface area contributed by atoms with Gasteiger partial charge in [-0.05, 0) is 76.1 Å². The molecule has 7 nitrogen and oxygen atoms in total. The number of esters is 1. The Morgan fingerprint density at radius 3 is 2.51 bits per heavy atom. The number of amidine groups is 1. The summed E-state index contributed by atoms with van der Waals surface area (Å²) >= 11 is 1.34. The highest BCUT2D eigenvalue weighted by Crippen LogP contribution is 2.28. The molecule has 0 aliphatic carbocycles. The minimum absolute atomic E-state index is 0.239. The van der Waals surface area contributed by atoms with Crippen molar-refractivity contribution in [1.82, 2.24) is 15.6 Å². The Labute approximate surface area is 235 Å². The number of benzene rings is 2. The number of nitrogens with zero attached hydrogens (tertiary/aromatic N) is 2. The zero-order valence-electron chi connectivity index (χ0n) is 23.3. The SMILES string of the molecule is CCCCC(OC(=O)C(C)(C)C)S/C(=N/c1cccc2cccnc12)NC(C)NC(=O)/C=C/c1ccccc1. The summed E-state index contributed by atoms with van der Waals surface area (Å²) < 4.78 is 5.91. The fourth-order valence-corrected chi connectivity index (χ4v) is 4.60. The van der Waals surface area contributed by atoms with Crippen LogP contribution in [0, 0.1) is 5.41 Å². The van der Waals surface area contributed by atoms with Crippen molar-refractivity contribution in [2.24, 2.45) is 10.4 Å². The number of aliphatic imine (C=N–C) groups is 1. The molecule has 0 aliphatic rings. The largest absolute Gasteiger partial charge is 0.450 e. The first-order valence-corrected chi connectivity index (χ1v) is 14.1. The lowest BCUT2D eigenvalue weighted by molar-refractivity contribution is -0.154. The summed E-state index contributed by atoms with van der Waals surface area (Å²) in [6, 6.07) is 19.3. The summed E-state index contributed by atoms with van der Waals surface area (Å²) in [6.07, 6.45) is 7.10. The molecule has 206 valence electrons. The van der Waals surface area contributed by atoms with Crippen molar-refractivity contribution in [3.63, 3.8) is 0 Å². The van der Waals surface area contributed by atoms with Crippen LogP contribution in [0.5, 0.6) is 0 Å². The molecule has 2 atom stereocenters. The lowest BCUT2D eigenvalue weighted by Crippen LogP contribution is -2.45. The molecule has 1 heterocycles. The topological polar surface area (TPSA) is 92.7 Å². The van der Waals surface area contributed by atoms with Crippen molar-refractivity contribution in [1.29, 1.82) is 0 Å². The van der Waals surface area contributed by atoms with Crippen LogP contribution in [-0.4, -0.2) is 33.6 Å². The average Bonchev–Trinajstić information content (AvgIpc) is 2.90. The number of carbonyl (C=O) groups is 2. The maximum Gasteiger partial charge on any atom is 0.312 e. The molecule has 1 amide bonds. The fourth-order valence-electron chi connectivity index (χ4n) is 3.53. The maximum absolute atomic E-state index is 12.7. The zero-order valence-corrected chi connectivity index (χ0v) is 24.1. The molecular weight excluding hydrogens is 508 g/mol. The van der Waals surface area contributed by atoms with Crippen LogP contribution in [0.15, 0.2) is 77.9 Å². The van der Waals surface area contributed by atoms with Gasteiger partial charge >= 0.3 is 5.97 Å². The molecule has 39 heavy (non-hydrogen) atoms. The van der Waals surface area contributed by atoms with Crippen LogP contribution in [0.1, 0.15) is 59.4 Å². The Kier molecular flexibility index (Phi) is 11.1. The Hall–Kier alpha value is -3.65. The number of aromatic nitrogens is 1. The van der Waals surface area contributed by atoms with Gasteiger partial charge in [-0.2, -0.15) is 0 Å². The summed E-state index contributed by atoms with van der Waals surface area (Å²) in [5.74, 6) is -0.508. The Morgan fingerprint density at radius 2 is 1.79 bits per heavy atom. The van der Waals surface area contributed by atoms with E-state index >= 15 is 0 Å². The molecule has 8 heteroatoms. The van der Waals surface area contributed by atoms with Crippen molar-refractivity contribution < 1.29 is 14.3 Å². The molecule has 0 bridgehead atoms. The highest BCUT2D eigenvalue weighted by molar-refractivity contribution is 8.14. The summed E-state index contributed by atoms with van der Waals surface area (Å²) in [5.41, 5.74) is 1.32. The van der Waals surface area contributed by atoms with Gasteiger partial charge in [0, 0.05) is 17.7 Å². The van der Waals surface area contributed by atoms with Crippen LogP contribution in [0.2, 0.25) is 0 Å².